The molecule has 1 unspecified atom stereocenters. The Morgan fingerprint density at radius 3 is 2.50 bits per heavy atom. The largest absolute Gasteiger partial charge is 0.464 e. The highest BCUT2D eigenvalue weighted by Gasteiger charge is 2.16. The lowest BCUT2D eigenvalue weighted by Gasteiger charge is -2.12. The molecule has 5 heteroatoms. The van der Waals surface area contributed by atoms with E-state index < -0.39 is 12.0 Å². The van der Waals surface area contributed by atoms with Crippen molar-refractivity contribution in [1.82, 2.24) is 5.32 Å². The van der Waals surface area contributed by atoms with E-state index in [-0.39, 0.29) is 24.8 Å². The van der Waals surface area contributed by atoms with E-state index in [2.05, 4.69) is 5.32 Å². The van der Waals surface area contributed by atoms with E-state index in [1.807, 2.05) is 0 Å². The second-order valence-corrected chi connectivity index (χ2v) is 3.84. The molecule has 0 fully saturated rings. The highest BCUT2D eigenvalue weighted by atomic mass is 19.1. The number of hydrogen-bond donors (Lipinski definition) is 1. The maximum absolute atomic E-state index is 12.7. The highest BCUT2D eigenvalue weighted by molar-refractivity contribution is 5.85. The summed E-state index contributed by atoms with van der Waals surface area (Å²) in [5.41, 5.74) is 0.685. The van der Waals surface area contributed by atoms with Crippen LogP contribution in [0.1, 0.15) is 19.4 Å². The van der Waals surface area contributed by atoms with Gasteiger partial charge in [0, 0.05) is 0 Å². The van der Waals surface area contributed by atoms with Gasteiger partial charge >= 0.3 is 5.97 Å². The molecule has 0 saturated heterocycles. The third-order valence-corrected chi connectivity index (χ3v) is 2.30. The van der Waals surface area contributed by atoms with Gasteiger partial charge in [0.2, 0.25) is 5.91 Å². The smallest absolute Gasteiger partial charge is 0.328 e. The zero-order chi connectivity index (χ0) is 13.5. The van der Waals surface area contributed by atoms with E-state index >= 15 is 0 Å². The lowest BCUT2D eigenvalue weighted by atomic mass is 10.1. The Balaban J connectivity index is 2.46. The van der Waals surface area contributed by atoms with Crippen molar-refractivity contribution in [2.75, 3.05) is 6.61 Å². The van der Waals surface area contributed by atoms with Crippen LogP contribution in [-0.2, 0) is 20.7 Å². The zero-order valence-electron chi connectivity index (χ0n) is 10.4. The van der Waals surface area contributed by atoms with Crippen molar-refractivity contribution in [2.45, 2.75) is 26.3 Å². The van der Waals surface area contributed by atoms with Crippen LogP contribution < -0.4 is 5.32 Å². The van der Waals surface area contributed by atoms with Crippen LogP contribution in [-0.4, -0.2) is 24.5 Å². The second kappa shape index (κ2) is 6.74. The molecule has 0 aliphatic rings. The monoisotopic (exact) mass is 253 g/mol. The second-order valence-electron chi connectivity index (χ2n) is 3.84. The van der Waals surface area contributed by atoms with E-state index in [1.165, 1.54) is 24.3 Å². The molecule has 0 bridgehead atoms. The first-order valence-electron chi connectivity index (χ1n) is 5.73. The summed E-state index contributed by atoms with van der Waals surface area (Å²) in [4.78, 5) is 22.9. The molecule has 1 aromatic carbocycles. The zero-order valence-corrected chi connectivity index (χ0v) is 10.4. The predicted octanol–water partition coefficient (Wildman–Crippen LogP) is 1.44. The first kappa shape index (κ1) is 14.2. The van der Waals surface area contributed by atoms with Gasteiger partial charge < -0.3 is 10.1 Å². The molecule has 0 saturated carbocycles. The maximum atomic E-state index is 12.7. The van der Waals surface area contributed by atoms with Gasteiger partial charge in [-0.2, -0.15) is 0 Å². The van der Waals surface area contributed by atoms with Gasteiger partial charge in [0.25, 0.3) is 0 Å². The fraction of sp³-hybridized carbons (Fsp3) is 0.385. The van der Waals surface area contributed by atoms with Gasteiger partial charge in [0.15, 0.2) is 0 Å². The van der Waals surface area contributed by atoms with E-state index in [0.717, 1.165) is 0 Å². The average molecular weight is 253 g/mol. The summed E-state index contributed by atoms with van der Waals surface area (Å²) < 4.78 is 17.4. The van der Waals surface area contributed by atoms with Crippen LogP contribution in [0.3, 0.4) is 0 Å². The molecule has 1 rings (SSSR count). The molecule has 4 nitrogen and oxygen atoms in total. The van der Waals surface area contributed by atoms with Crippen molar-refractivity contribution < 1.29 is 18.7 Å². The third-order valence-electron chi connectivity index (χ3n) is 2.30. The molecule has 0 aromatic heterocycles. The Morgan fingerprint density at radius 1 is 1.33 bits per heavy atom. The molecule has 18 heavy (non-hydrogen) atoms. The molecular formula is C13H16FNO3. The number of rotatable bonds is 5. The normalized spacial score (nSPS) is 11.7. The summed E-state index contributed by atoms with van der Waals surface area (Å²) in [6, 6.07) is 4.96. The van der Waals surface area contributed by atoms with E-state index in [4.69, 9.17) is 4.74 Å². The predicted molar refractivity (Wildman–Crippen MR) is 64.3 cm³/mol. The van der Waals surface area contributed by atoms with Crippen LogP contribution in [0.15, 0.2) is 24.3 Å². The van der Waals surface area contributed by atoms with Crippen molar-refractivity contribution in [3.8, 4) is 0 Å². The Labute approximate surface area is 105 Å². The van der Waals surface area contributed by atoms with Gasteiger partial charge in [-0.05, 0) is 31.5 Å². The van der Waals surface area contributed by atoms with Crippen LogP contribution >= 0.6 is 0 Å². The summed E-state index contributed by atoms with van der Waals surface area (Å²) in [7, 11) is 0. The first-order chi connectivity index (χ1) is 8.52. The fourth-order valence-electron chi connectivity index (χ4n) is 1.41. The minimum absolute atomic E-state index is 0.101. The molecule has 1 atom stereocenters. The summed E-state index contributed by atoms with van der Waals surface area (Å²) >= 11 is 0. The number of ether oxygens (including phenoxy) is 1. The van der Waals surface area contributed by atoms with Crippen LogP contribution in [0.5, 0.6) is 0 Å². The Hall–Kier alpha value is -1.91. The number of carbonyl (C=O) groups is 2. The van der Waals surface area contributed by atoms with Crippen LogP contribution in [0, 0.1) is 5.82 Å². The van der Waals surface area contributed by atoms with Gasteiger partial charge in [-0.3, -0.25) is 4.79 Å². The van der Waals surface area contributed by atoms with E-state index in [9.17, 15) is 14.0 Å². The van der Waals surface area contributed by atoms with E-state index in [0.29, 0.717) is 5.56 Å². The first-order valence-corrected chi connectivity index (χ1v) is 5.73. The SMILES string of the molecule is CCOC(=O)C(C)NC(=O)Cc1ccc(F)cc1. The lowest BCUT2D eigenvalue weighted by molar-refractivity contribution is -0.146. The topological polar surface area (TPSA) is 55.4 Å². The summed E-state index contributed by atoms with van der Waals surface area (Å²) in [5.74, 6) is -1.12. The number of nitrogens with one attached hydrogen (secondary N) is 1. The number of esters is 1. The Morgan fingerprint density at radius 2 is 1.94 bits per heavy atom. The van der Waals surface area contributed by atoms with Crippen molar-refractivity contribution >= 4 is 11.9 Å². The van der Waals surface area contributed by atoms with Gasteiger partial charge in [-0.15, -0.1) is 0 Å². The Bertz CT molecular complexity index is 417. The molecule has 1 N–H and O–H groups in total. The molecule has 0 aliphatic heterocycles. The molecule has 0 radical (unpaired) electrons. The molecule has 1 amide bonds. The van der Waals surface area contributed by atoms with Crippen LogP contribution in [0.25, 0.3) is 0 Å². The van der Waals surface area contributed by atoms with E-state index in [1.54, 1.807) is 13.8 Å². The summed E-state index contributed by atoms with van der Waals surface area (Å²) in [6.07, 6.45) is 0.101. The lowest BCUT2D eigenvalue weighted by Crippen LogP contribution is -2.40. The summed E-state index contributed by atoms with van der Waals surface area (Å²) in [5, 5.41) is 2.52. The number of hydrogen-bond acceptors (Lipinski definition) is 3. The standard InChI is InChI=1S/C13H16FNO3/c1-3-18-13(17)9(2)15-12(16)8-10-4-6-11(14)7-5-10/h4-7,9H,3,8H2,1-2H3,(H,15,16). The minimum Gasteiger partial charge on any atom is -0.464 e. The van der Waals surface area contributed by atoms with Crippen LogP contribution in [0.2, 0.25) is 0 Å². The summed E-state index contributed by atoms with van der Waals surface area (Å²) in [6.45, 7) is 3.53. The van der Waals surface area contributed by atoms with Gasteiger partial charge in [-0.1, -0.05) is 12.1 Å². The fourth-order valence-corrected chi connectivity index (χ4v) is 1.41. The molecule has 0 spiro atoms. The quantitative estimate of drug-likeness (QED) is 0.808. The highest BCUT2D eigenvalue weighted by Crippen LogP contribution is 2.03. The minimum atomic E-state index is -0.683. The number of amides is 1. The van der Waals surface area contributed by atoms with Crippen molar-refractivity contribution in [1.29, 1.82) is 0 Å². The van der Waals surface area contributed by atoms with Gasteiger partial charge in [-0.25, -0.2) is 9.18 Å². The average Bonchev–Trinajstić information content (AvgIpc) is 2.32. The number of halogens is 1. The molecular weight excluding hydrogens is 237 g/mol. The molecule has 0 aliphatic carbocycles. The van der Waals surface area contributed by atoms with Crippen LogP contribution in [0.4, 0.5) is 4.39 Å². The molecule has 98 valence electrons. The number of benzene rings is 1. The number of carbonyl (C=O) groups excluding carboxylic acids is 2. The Kier molecular flexibility index (Phi) is 5.30. The van der Waals surface area contributed by atoms with Gasteiger partial charge in [0.05, 0.1) is 13.0 Å². The van der Waals surface area contributed by atoms with Crippen molar-refractivity contribution in [3.63, 3.8) is 0 Å². The third kappa shape index (κ3) is 4.53. The maximum Gasteiger partial charge on any atom is 0.328 e. The molecule has 0 heterocycles. The van der Waals surface area contributed by atoms with Gasteiger partial charge in [0.1, 0.15) is 11.9 Å². The molecule has 1 aromatic rings. The van der Waals surface area contributed by atoms with Crippen molar-refractivity contribution in [2.24, 2.45) is 0 Å². The van der Waals surface area contributed by atoms with Crippen molar-refractivity contribution in [3.05, 3.63) is 35.6 Å².